The van der Waals surface area contributed by atoms with Crippen molar-refractivity contribution < 1.29 is 9.59 Å². The Hall–Kier alpha value is -2.08. The number of benzene rings is 1. The molecule has 0 heterocycles. The van der Waals surface area contributed by atoms with E-state index in [-0.39, 0.29) is 17.7 Å². The monoisotopic (exact) mass is 290 g/mol. The highest BCUT2D eigenvalue weighted by Gasteiger charge is 2.29. The molecule has 0 spiro atoms. The first kappa shape index (κ1) is 15.3. The van der Waals surface area contributed by atoms with E-state index < -0.39 is 6.03 Å². The normalized spacial score (nSPS) is 21.6. The molecule has 1 saturated carbocycles. The Morgan fingerprint density at radius 2 is 1.81 bits per heavy atom. The van der Waals surface area contributed by atoms with E-state index in [0.717, 1.165) is 25.7 Å². The van der Waals surface area contributed by atoms with Crippen molar-refractivity contribution in [2.75, 3.05) is 17.2 Å². The van der Waals surface area contributed by atoms with Gasteiger partial charge in [0.2, 0.25) is 5.91 Å². The van der Waals surface area contributed by atoms with Gasteiger partial charge in [0.1, 0.15) is 0 Å². The summed E-state index contributed by atoms with van der Waals surface area (Å²) in [6.45, 7) is 0.543. The van der Waals surface area contributed by atoms with Crippen LogP contribution in [0.1, 0.15) is 25.7 Å². The fourth-order valence-corrected chi connectivity index (χ4v) is 2.89. The molecule has 1 aromatic carbocycles. The summed E-state index contributed by atoms with van der Waals surface area (Å²) in [4.78, 5) is 23.2. The number of hydrogen-bond acceptors (Lipinski definition) is 3. The summed E-state index contributed by atoms with van der Waals surface area (Å²) >= 11 is 0. The molecule has 2 unspecified atom stereocenters. The predicted octanol–water partition coefficient (Wildman–Crippen LogP) is 1.88. The lowest BCUT2D eigenvalue weighted by atomic mass is 9.78. The van der Waals surface area contributed by atoms with Gasteiger partial charge in [-0.05, 0) is 43.5 Å². The molecular formula is C15H22N4O2. The smallest absolute Gasteiger partial charge is 0.316 e. The minimum atomic E-state index is -0.631. The van der Waals surface area contributed by atoms with E-state index in [9.17, 15) is 9.59 Å². The maximum atomic E-state index is 12.4. The molecule has 0 aromatic heterocycles. The molecule has 0 saturated heterocycles. The van der Waals surface area contributed by atoms with Gasteiger partial charge in [-0.15, -0.1) is 0 Å². The van der Waals surface area contributed by atoms with Gasteiger partial charge in [-0.2, -0.15) is 0 Å². The van der Waals surface area contributed by atoms with Crippen LogP contribution in [-0.2, 0) is 4.79 Å². The van der Waals surface area contributed by atoms with Crippen LogP contribution in [0.2, 0.25) is 0 Å². The molecule has 1 fully saturated rings. The predicted molar refractivity (Wildman–Crippen MR) is 82.8 cm³/mol. The third-order valence-corrected chi connectivity index (χ3v) is 3.95. The second-order valence-corrected chi connectivity index (χ2v) is 5.45. The lowest BCUT2D eigenvalue weighted by Gasteiger charge is -2.29. The van der Waals surface area contributed by atoms with Gasteiger partial charge in [-0.1, -0.05) is 18.9 Å². The van der Waals surface area contributed by atoms with Crippen LogP contribution in [0.4, 0.5) is 16.2 Å². The van der Waals surface area contributed by atoms with Crippen LogP contribution in [0.3, 0.4) is 0 Å². The van der Waals surface area contributed by atoms with E-state index in [1.807, 2.05) is 0 Å². The molecule has 6 nitrogen and oxygen atoms in total. The maximum absolute atomic E-state index is 12.4. The van der Waals surface area contributed by atoms with Crippen molar-refractivity contribution in [3.63, 3.8) is 0 Å². The Morgan fingerprint density at radius 1 is 1.14 bits per heavy atom. The first-order chi connectivity index (χ1) is 10.1. The second kappa shape index (κ2) is 7.08. The van der Waals surface area contributed by atoms with Crippen LogP contribution in [0.15, 0.2) is 24.3 Å². The quantitative estimate of drug-likeness (QED) is 0.679. The minimum absolute atomic E-state index is 0.00127. The third-order valence-electron chi connectivity index (χ3n) is 3.95. The van der Waals surface area contributed by atoms with Crippen LogP contribution in [0, 0.1) is 11.8 Å². The molecule has 114 valence electrons. The summed E-state index contributed by atoms with van der Waals surface area (Å²) in [6.07, 6.45) is 4.10. The van der Waals surface area contributed by atoms with Gasteiger partial charge in [0.25, 0.3) is 0 Å². The highest BCUT2D eigenvalue weighted by atomic mass is 16.2. The fourth-order valence-electron chi connectivity index (χ4n) is 2.89. The molecule has 0 aliphatic heterocycles. The van der Waals surface area contributed by atoms with Gasteiger partial charge in [-0.3, -0.25) is 4.79 Å². The first-order valence-electron chi connectivity index (χ1n) is 7.27. The van der Waals surface area contributed by atoms with Gasteiger partial charge in [0.15, 0.2) is 0 Å². The van der Waals surface area contributed by atoms with Gasteiger partial charge >= 0.3 is 6.03 Å². The zero-order chi connectivity index (χ0) is 15.2. The maximum Gasteiger partial charge on any atom is 0.316 e. The molecule has 21 heavy (non-hydrogen) atoms. The number of anilines is 2. The van der Waals surface area contributed by atoms with Gasteiger partial charge in [-0.25, -0.2) is 4.79 Å². The zero-order valence-electron chi connectivity index (χ0n) is 12.0. The number of nitrogens with two attached hydrogens (primary N) is 2. The Bertz CT molecular complexity index is 518. The zero-order valence-corrected chi connectivity index (χ0v) is 12.0. The Morgan fingerprint density at radius 3 is 2.48 bits per heavy atom. The molecule has 2 rings (SSSR count). The van der Waals surface area contributed by atoms with E-state index in [1.165, 1.54) is 0 Å². The highest BCUT2D eigenvalue weighted by molar-refractivity contribution is 5.94. The van der Waals surface area contributed by atoms with Crippen molar-refractivity contribution >= 4 is 23.3 Å². The number of amides is 3. The number of rotatable bonds is 4. The summed E-state index contributed by atoms with van der Waals surface area (Å²) in [5.41, 5.74) is 12.0. The average molecular weight is 290 g/mol. The van der Waals surface area contributed by atoms with Crippen molar-refractivity contribution in [2.45, 2.75) is 25.7 Å². The Labute approximate surface area is 124 Å². The molecule has 2 atom stereocenters. The van der Waals surface area contributed by atoms with Crippen molar-refractivity contribution in [1.29, 1.82) is 0 Å². The van der Waals surface area contributed by atoms with E-state index >= 15 is 0 Å². The number of hydrogen-bond donors (Lipinski definition) is 4. The number of carbonyl (C=O) groups excluding carboxylic acids is 2. The van der Waals surface area contributed by atoms with Crippen LogP contribution in [0.25, 0.3) is 0 Å². The number of carbonyl (C=O) groups is 2. The topological polar surface area (TPSA) is 110 Å². The van der Waals surface area contributed by atoms with Crippen LogP contribution in [0.5, 0.6) is 0 Å². The Balaban J connectivity index is 2.03. The van der Waals surface area contributed by atoms with E-state index in [0.29, 0.717) is 17.9 Å². The molecule has 3 amide bonds. The van der Waals surface area contributed by atoms with E-state index in [4.69, 9.17) is 11.5 Å². The van der Waals surface area contributed by atoms with Gasteiger partial charge < -0.3 is 22.1 Å². The highest BCUT2D eigenvalue weighted by Crippen LogP contribution is 2.30. The van der Waals surface area contributed by atoms with Crippen LogP contribution in [-0.4, -0.2) is 18.5 Å². The minimum Gasteiger partial charge on any atom is -0.351 e. The summed E-state index contributed by atoms with van der Waals surface area (Å²) in [6, 6.07) is 6.30. The van der Waals surface area contributed by atoms with E-state index in [1.54, 1.807) is 24.3 Å². The lowest BCUT2D eigenvalue weighted by Crippen LogP contribution is -2.35. The lowest BCUT2D eigenvalue weighted by molar-refractivity contribution is -0.122. The van der Waals surface area contributed by atoms with Crippen LogP contribution < -0.4 is 22.1 Å². The molecule has 0 radical (unpaired) electrons. The number of nitrogens with one attached hydrogen (secondary N) is 2. The first-order valence-corrected chi connectivity index (χ1v) is 7.27. The SMILES string of the molecule is NCC1CCCCC1C(=O)Nc1cccc(NC(N)=O)c1. The van der Waals surface area contributed by atoms with Gasteiger partial charge in [0, 0.05) is 17.3 Å². The van der Waals surface area contributed by atoms with Crippen molar-refractivity contribution in [2.24, 2.45) is 23.3 Å². The van der Waals surface area contributed by atoms with E-state index in [2.05, 4.69) is 10.6 Å². The van der Waals surface area contributed by atoms with Crippen molar-refractivity contribution in [3.05, 3.63) is 24.3 Å². The summed E-state index contributed by atoms with van der Waals surface area (Å²) in [7, 11) is 0. The molecule has 1 aliphatic carbocycles. The van der Waals surface area contributed by atoms with Gasteiger partial charge in [0.05, 0.1) is 0 Å². The fraction of sp³-hybridized carbons (Fsp3) is 0.467. The second-order valence-electron chi connectivity index (χ2n) is 5.45. The number of urea groups is 1. The van der Waals surface area contributed by atoms with Crippen molar-refractivity contribution in [1.82, 2.24) is 0 Å². The molecule has 1 aromatic rings. The molecule has 6 heteroatoms. The summed E-state index contributed by atoms with van der Waals surface area (Å²) in [5.74, 6) is 0.226. The van der Waals surface area contributed by atoms with Crippen molar-refractivity contribution in [3.8, 4) is 0 Å². The molecule has 0 bridgehead atoms. The molecule has 1 aliphatic rings. The van der Waals surface area contributed by atoms with Crippen LogP contribution >= 0.6 is 0 Å². The largest absolute Gasteiger partial charge is 0.351 e. The summed E-state index contributed by atoms with van der Waals surface area (Å²) < 4.78 is 0. The molecular weight excluding hydrogens is 268 g/mol. The summed E-state index contributed by atoms with van der Waals surface area (Å²) in [5, 5.41) is 5.39. The standard InChI is InChI=1S/C15H22N4O2/c16-9-10-4-1-2-7-13(10)14(20)18-11-5-3-6-12(8-11)19-15(17)21/h3,5-6,8,10,13H,1-2,4,7,9,16H2,(H,18,20)(H3,17,19,21). The Kier molecular flexibility index (Phi) is 5.16. The average Bonchev–Trinajstić information content (AvgIpc) is 2.46. The molecule has 6 N–H and O–H groups in total. The number of primary amides is 1. The third kappa shape index (κ3) is 4.19.